The van der Waals surface area contributed by atoms with Crippen LogP contribution in [0.2, 0.25) is 5.02 Å². The molecular formula is C25H26ClFN4O2. The molecule has 172 valence electrons. The van der Waals surface area contributed by atoms with Gasteiger partial charge < -0.3 is 10.6 Å². The summed E-state index contributed by atoms with van der Waals surface area (Å²) < 4.78 is 14.1. The summed E-state index contributed by atoms with van der Waals surface area (Å²) in [6.07, 6.45) is 2.95. The molecule has 6 nitrogen and oxygen atoms in total. The summed E-state index contributed by atoms with van der Waals surface area (Å²) in [4.78, 5) is 16.5. The molecule has 33 heavy (non-hydrogen) atoms. The van der Waals surface area contributed by atoms with Gasteiger partial charge in [-0.1, -0.05) is 30.3 Å². The van der Waals surface area contributed by atoms with Gasteiger partial charge in [-0.05, 0) is 84.7 Å². The van der Waals surface area contributed by atoms with Crippen LogP contribution in [0.1, 0.15) is 37.3 Å². The fraction of sp³-hybridized carbons (Fsp3) is 0.320. The normalized spacial score (nSPS) is 27.8. The van der Waals surface area contributed by atoms with Crippen LogP contribution in [0.3, 0.4) is 0 Å². The zero-order valence-corrected chi connectivity index (χ0v) is 19.4. The fourth-order valence-corrected chi connectivity index (χ4v) is 5.74. The van der Waals surface area contributed by atoms with Crippen LogP contribution < -0.4 is 11.6 Å². The Kier molecular flexibility index (Phi) is 5.04. The van der Waals surface area contributed by atoms with Gasteiger partial charge in [-0.3, -0.25) is 0 Å². The smallest absolute Gasteiger partial charge is 0.221 e. The minimum atomic E-state index is -1.02. The Balaban J connectivity index is 1.68. The van der Waals surface area contributed by atoms with E-state index >= 15 is 0 Å². The molecule has 2 atom stereocenters. The second-order valence-corrected chi connectivity index (χ2v) is 9.56. The zero-order chi connectivity index (χ0) is 23.5. The minimum Gasteiger partial charge on any atom is -0.416 e. The molecule has 8 heteroatoms. The Morgan fingerprint density at radius 1 is 1.24 bits per heavy atom. The van der Waals surface area contributed by atoms with Gasteiger partial charge in [0.05, 0.1) is 0 Å². The number of rotatable bonds is 2. The molecule has 1 fully saturated rings. The SMILES string of the molecule is C=C1CCC2(C/C1=C(\C)ON)Cc1ccc(-c3cc(F)cc(Cl)c3)cc1C21N=C(N)N(C)O1. The molecule has 1 saturated carbocycles. The monoisotopic (exact) mass is 468 g/mol. The van der Waals surface area contributed by atoms with Crippen molar-refractivity contribution in [3.05, 3.63) is 81.8 Å². The number of aliphatic imine (C=N–C) groups is 1. The lowest BCUT2D eigenvalue weighted by Gasteiger charge is -2.44. The molecular weight excluding hydrogens is 443 g/mol. The van der Waals surface area contributed by atoms with Crippen molar-refractivity contribution in [3.63, 3.8) is 0 Å². The number of hydroxylamine groups is 2. The van der Waals surface area contributed by atoms with Crippen LogP contribution in [-0.4, -0.2) is 18.1 Å². The molecule has 2 spiro atoms. The average Bonchev–Trinajstić information content (AvgIpc) is 3.22. The van der Waals surface area contributed by atoms with Crippen molar-refractivity contribution < 1.29 is 14.1 Å². The average molecular weight is 469 g/mol. The van der Waals surface area contributed by atoms with E-state index in [0.29, 0.717) is 28.7 Å². The number of halogens is 2. The first-order chi connectivity index (χ1) is 15.7. The van der Waals surface area contributed by atoms with Crippen LogP contribution in [0, 0.1) is 11.2 Å². The van der Waals surface area contributed by atoms with Crippen molar-refractivity contribution in [1.29, 1.82) is 0 Å². The maximum absolute atomic E-state index is 14.1. The van der Waals surface area contributed by atoms with Crippen LogP contribution in [0.15, 0.2) is 64.9 Å². The molecule has 0 amide bonds. The molecule has 0 aromatic heterocycles. The van der Waals surface area contributed by atoms with E-state index in [1.165, 1.54) is 17.2 Å². The van der Waals surface area contributed by atoms with Gasteiger partial charge in [-0.15, -0.1) is 0 Å². The summed E-state index contributed by atoms with van der Waals surface area (Å²) in [5.74, 6) is 6.07. The van der Waals surface area contributed by atoms with E-state index in [9.17, 15) is 4.39 Å². The number of benzene rings is 2. The second-order valence-electron chi connectivity index (χ2n) is 9.12. The number of nitrogens with two attached hydrogens (primary N) is 2. The summed E-state index contributed by atoms with van der Waals surface area (Å²) in [6.45, 7) is 6.08. The predicted octanol–water partition coefficient (Wildman–Crippen LogP) is 4.94. The lowest BCUT2D eigenvalue weighted by atomic mass is 9.64. The van der Waals surface area contributed by atoms with Gasteiger partial charge in [-0.2, -0.15) is 5.90 Å². The molecule has 0 bridgehead atoms. The standard InChI is InChI=1S/C25H26ClFN4O2/c1-14-6-7-24(13-21(14)15(2)32-29)12-17-5-4-16(18-8-19(26)11-20(27)9-18)10-22(17)25(24)30-23(28)31(3)33-25/h4-5,8-11H,1,6-7,12-13,29H2,2-3H3,(H2,28,30)/b21-15-. The van der Waals surface area contributed by atoms with Crippen LogP contribution in [0.25, 0.3) is 11.1 Å². The molecule has 2 unspecified atom stereocenters. The van der Waals surface area contributed by atoms with Crippen molar-refractivity contribution in [2.24, 2.45) is 22.0 Å². The van der Waals surface area contributed by atoms with Crippen LogP contribution >= 0.6 is 11.6 Å². The first-order valence-corrected chi connectivity index (χ1v) is 11.2. The number of nitrogens with zero attached hydrogens (tertiary/aromatic N) is 2. The molecule has 2 aromatic carbocycles. The first kappa shape index (κ1) is 21.9. The van der Waals surface area contributed by atoms with E-state index in [1.54, 1.807) is 13.1 Å². The lowest BCUT2D eigenvalue weighted by molar-refractivity contribution is -0.224. The highest BCUT2D eigenvalue weighted by atomic mass is 35.5. The van der Waals surface area contributed by atoms with Gasteiger partial charge in [0.15, 0.2) is 0 Å². The molecule has 0 saturated heterocycles. The third kappa shape index (κ3) is 3.26. The third-order valence-corrected chi connectivity index (χ3v) is 7.45. The van der Waals surface area contributed by atoms with Gasteiger partial charge >= 0.3 is 0 Å². The zero-order valence-electron chi connectivity index (χ0n) is 18.6. The summed E-state index contributed by atoms with van der Waals surface area (Å²) in [7, 11) is 1.75. The van der Waals surface area contributed by atoms with Crippen molar-refractivity contribution in [2.75, 3.05) is 7.05 Å². The lowest BCUT2D eigenvalue weighted by Crippen LogP contribution is -2.45. The molecule has 4 N–H and O–H groups in total. The van der Waals surface area contributed by atoms with E-state index in [2.05, 4.69) is 12.6 Å². The highest BCUT2D eigenvalue weighted by molar-refractivity contribution is 6.30. The van der Waals surface area contributed by atoms with Crippen molar-refractivity contribution in [2.45, 2.75) is 38.3 Å². The van der Waals surface area contributed by atoms with E-state index in [-0.39, 0.29) is 5.82 Å². The maximum Gasteiger partial charge on any atom is 0.221 e. The Hall–Kier alpha value is -2.87. The van der Waals surface area contributed by atoms with Gasteiger partial charge in [0, 0.05) is 23.0 Å². The molecule has 1 aliphatic heterocycles. The minimum absolute atomic E-state index is 0.308. The molecule has 0 radical (unpaired) electrons. The van der Waals surface area contributed by atoms with E-state index in [1.807, 2.05) is 19.1 Å². The van der Waals surface area contributed by atoms with Crippen LogP contribution in [0.4, 0.5) is 4.39 Å². The fourth-order valence-electron chi connectivity index (χ4n) is 5.52. The van der Waals surface area contributed by atoms with E-state index in [0.717, 1.165) is 47.1 Å². The molecule has 2 aromatic rings. The summed E-state index contributed by atoms with van der Waals surface area (Å²) in [5.41, 5.74) is 10.4. The Bertz CT molecular complexity index is 1220. The van der Waals surface area contributed by atoms with Gasteiger partial charge in [0.25, 0.3) is 0 Å². The van der Waals surface area contributed by atoms with Crippen molar-refractivity contribution >= 4 is 17.6 Å². The summed E-state index contributed by atoms with van der Waals surface area (Å²) >= 11 is 6.12. The molecule has 2 aliphatic carbocycles. The number of fused-ring (bicyclic) bond motifs is 3. The van der Waals surface area contributed by atoms with E-state index in [4.69, 9.17) is 37.9 Å². The molecule has 1 heterocycles. The van der Waals surface area contributed by atoms with Crippen LogP contribution in [-0.2, 0) is 21.8 Å². The summed E-state index contributed by atoms with van der Waals surface area (Å²) in [6, 6.07) is 10.6. The van der Waals surface area contributed by atoms with E-state index < -0.39 is 11.1 Å². The predicted molar refractivity (Wildman–Crippen MR) is 126 cm³/mol. The van der Waals surface area contributed by atoms with Gasteiger partial charge in [0.1, 0.15) is 11.6 Å². The Labute approximate surface area is 197 Å². The first-order valence-electron chi connectivity index (χ1n) is 10.8. The van der Waals surface area contributed by atoms with Crippen molar-refractivity contribution in [3.8, 4) is 11.1 Å². The van der Waals surface area contributed by atoms with Crippen LogP contribution in [0.5, 0.6) is 0 Å². The Morgan fingerprint density at radius 2 is 2.03 bits per heavy atom. The van der Waals surface area contributed by atoms with Gasteiger partial charge in [0.2, 0.25) is 11.7 Å². The topological polar surface area (TPSA) is 86.1 Å². The molecule has 3 aliphatic rings. The number of hydrogen-bond acceptors (Lipinski definition) is 6. The Morgan fingerprint density at radius 3 is 2.70 bits per heavy atom. The second kappa shape index (κ2) is 7.58. The highest BCUT2D eigenvalue weighted by Crippen LogP contribution is 2.63. The molecule has 5 rings (SSSR count). The third-order valence-electron chi connectivity index (χ3n) is 7.23. The van der Waals surface area contributed by atoms with Crippen molar-refractivity contribution in [1.82, 2.24) is 5.06 Å². The summed E-state index contributed by atoms with van der Waals surface area (Å²) in [5, 5.41) is 1.86. The largest absolute Gasteiger partial charge is 0.416 e. The number of hydrogen-bond donors (Lipinski definition) is 2. The highest BCUT2D eigenvalue weighted by Gasteiger charge is 2.63. The maximum atomic E-state index is 14.1. The number of allylic oxidation sites excluding steroid dienone is 3. The van der Waals surface area contributed by atoms with Gasteiger partial charge in [-0.25, -0.2) is 19.3 Å². The number of guanidine groups is 1. The quantitative estimate of drug-likeness (QED) is 0.481.